The molecule has 0 aromatic heterocycles. The van der Waals surface area contributed by atoms with E-state index in [-0.39, 0.29) is 40.3 Å². The van der Waals surface area contributed by atoms with E-state index in [9.17, 15) is 25.2 Å². The molecule has 4 N–H and O–H groups in total. The van der Waals surface area contributed by atoms with Gasteiger partial charge in [0.2, 0.25) is 0 Å². The molecule has 0 aliphatic heterocycles. The number of fused-ring (bicyclic) bond motifs is 7. The normalized spacial score (nSPS) is 49.8. The quantitative estimate of drug-likeness (QED) is 0.200. The zero-order valence-corrected chi connectivity index (χ0v) is 27.0. The Morgan fingerprint density at radius 2 is 1.61 bits per heavy atom. The molecule has 0 aromatic carbocycles. The van der Waals surface area contributed by atoms with Crippen LogP contribution in [-0.2, 0) is 9.53 Å². The molecule has 0 bridgehead atoms. The van der Waals surface area contributed by atoms with Crippen LogP contribution in [0, 0.1) is 50.2 Å². The van der Waals surface area contributed by atoms with Crippen LogP contribution in [0.3, 0.4) is 0 Å². The molecule has 0 spiro atoms. The number of hydrogen-bond donors (Lipinski definition) is 4. The minimum atomic E-state index is -1.17. The van der Waals surface area contributed by atoms with Gasteiger partial charge in [0.05, 0.1) is 30.3 Å². The summed E-state index contributed by atoms with van der Waals surface area (Å²) < 4.78 is 6.01. The highest BCUT2D eigenvalue weighted by Crippen LogP contribution is 2.75. The van der Waals surface area contributed by atoms with Gasteiger partial charge in [-0.25, -0.2) is 4.79 Å². The van der Waals surface area contributed by atoms with Crippen molar-refractivity contribution in [2.75, 3.05) is 6.61 Å². The molecule has 232 valence electrons. The van der Waals surface area contributed by atoms with Crippen LogP contribution in [-0.4, -0.2) is 57.4 Å². The third-order valence-electron chi connectivity index (χ3n) is 14.0. The van der Waals surface area contributed by atoms with E-state index in [2.05, 4.69) is 40.7 Å². The summed E-state index contributed by atoms with van der Waals surface area (Å²) in [5.41, 5.74) is -0.115. The Balaban J connectivity index is 1.62. The summed E-state index contributed by atoms with van der Waals surface area (Å²) in [6.45, 7) is 19.0. The Hall–Kier alpha value is -1.21. The molecule has 41 heavy (non-hydrogen) atoms. The van der Waals surface area contributed by atoms with Gasteiger partial charge in [0.15, 0.2) is 0 Å². The molecule has 11 atom stereocenters. The number of allylic oxidation sites excluding steroid dienone is 3. The van der Waals surface area contributed by atoms with Crippen molar-refractivity contribution in [3.05, 3.63) is 23.3 Å². The van der Waals surface area contributed by atoms with Gasteiger partial charge in [-0.15, -0.1) is 0 Å². The molecule has 4 fully saturated rings. The minimum Gasteiger partial charge on any atom is -0.456 e. The second-order valence-corrected chi connectivity index (χ2v) is 16.9. The van der Waals surface area contributed by atoms with Crippen LogP contribution in [0.15, 0.2) is 23.3 Å². The smallest absolute Gasteiger partial charge is 0.331 e. The lowest BCUT2D eigenvalue weighted by Crippen LogP contribution is -2.72. The van der Waals surface area contributed by atoms with Crippen LogP contribution in [0.5, 0.6) is 0 Å². The third-order valence-corrected chi connectivity index (χ3v) is 14.0. The molecule has 4 unspecified atom stereocenters. The van der Waals surface area contributed by atoms with Crippen molar-refractivity contribution in [3.8, 4) is 0 Å². The maximum atomic E-state index is 12.9. The maximum Gasteiger partial charge on any atom is 0.331 e. The Labute approximate surface area is 247 Å². The molecule has 0 radical (unpaired) electrons. The van der Waals surface area contributed by atoms with Crippen molar-refractivity contribution in [1.82, 2.24) is 0 Å². The van der Waals surface area contributed by atoms with E-state index in [0.717, 1.165) is 37.7 Å². The van der Waals surface area contributed by atoms with E-state index in [1.54, 1.807) is 0 Å². The first-order valence-electron chi connectivity index (χ1n) is 16.0. The number of aliphatic hydroxyl groups is 4. The van der Waals surface area contributed by atoms with Gasteiger partial charge in [-0.05, 0) is 104 Å². The van der Waals surface area contributed by atoms with Gasteiger partial charge in [0.1, 0.15) is 6.10 Å². The first kappa shape index (κ1) is 31.2. The summed E-state index contributed by atoms with van der Waals surface area (Å²) in [5, 5.41) is 45.9. The van der Waals surface area contributed by atoms with E-state index >= 15 is 0 Å². The Morgan fingerprint density at radius 3 is 2.22 bits per heavy atom. The molecule has 6 nitrogen and oxygen atoms in total. The lowest BCUT2D eigenvalue weighted by atomic mass is 9.33. The van der Waals surface area contributed by atoms with Crippen molar-refractivity contribution < 1.29 is 30.0 Å². The summed E-state index contributed by atoms with van der Waals surface area (Å²) in [6.07, 6.45) is 6.47. The molecule has 5 rings (SSSR count). The van der Waals surface area contributed by atoms with Gasteiger partial charge in [-0.3, -0.25) is 0 Å². The summed E-state index contributed by atoms with van der Waals surface area (Å²) in [5.74, 6) is 0.0774. The van der Waals surface area contributed by atoms with Crippen molar-refractivity contribution in [1.29, 1.82) is 0 Å². The van der Waals surface area contributed by atoms with E-state index in [4.69, 9.17) is 4.74 Å². The molecular weight excluding hydrogens is 516 g/mol. The first-order valence-corrected chi connectivity index (χ1v) is 16.0. The van der Waals surface area contributed by atoms with Crippen molar-refractivity contribution >= 4 is 5.97 Å². The number of esters is 1. The van der Waals surface area contributed by atoms with Crippen LogP contribution in [0.1, 0.15) is 107 Å². The predicted octanol–water partition coefficient (Wildman–Crippen LogP) is 5.57. The summed E-state index contributed by atoms with van der Waals surface area (Å²) in [4.78, 5) is 12.9. The van der Waals surface area contributed by atoms with Gasteiger partial charge in [0, 0.05) is 6.08 Å². The fourth-order valence-corrected chi connectivity index (χ4v) is 11.4. The van der Waals surface area contributed by atoms with Crippen LogP contribution >= 0.6 is 0 Å². The van der Waals surface area contributed by atoms with Gasteiger partial charge in [-0.1, -0.05) is 65.7 Å². The van der Waals surface area contributed by atoms with Crippen molar-refractivity contribution in [3.63, 3.8) is 0 Å². The van der Waals surface area contributed by atoms with Gasteiger partial charge in [-0.2, -0.15) is 0 Å². The Bertz CT molecular complexity index is 1130. The largest absolute Gasteiger partial charge is 0.456 e. The number of carbonyl (C=O) groups is 1. The number of ether oxygens (including phenoxy) is 1. The molecule has 5 aliphatic carbocycles. The van der Waals surface area contributed by atoms with Gasteiger partial charge in [0.25, 0.3) is 0 Å². The van der Waals surface area contributed by atoms with Gasteiger partial charge >= 0.3 is 5.97 Å². The molecule has 0 heterocycles. The Kier molecular flexibility index (Phi) is 7.34. The van der Waals surface area contributed by atoms with E-state index in [0.29, 0.717) is 24.7 Å². The van der Waals surface area contributed by atoms with E-state index in [1.807, 2.05) is 27.7 Å². The lowest BCUT2D eigenvalue weighted by molar-refractivity contribution is -0.261. The molecule has 5 aliphatic rings. The molecule has 0 amide bonds. The SMILES string of the molecule is CC(C)=CC(=O)OC1C(O)C(C)(C)C[C@H]2C3=CC[C@@H]4[C@@]5(C)CCC(O)C(C)(C)[C@@H]5CC[C@@]4(C)[C@]3(C)CC(O)[C@@]12CO. The fourth-order valence-electron chi connectivity index (χ4n) is 11.4. The first-order chi connectivity index (χ1) is 18.8. The average molecular weight is 573 g/mol. The highest BCUT2D eigenvalue weighted by atomic mass is 16.6. The molecule has 0 saturated heterocycles. The van der Waals surface area contributed by atoms with E-state index < -0.39 is 35.1 Å². The fraction of sp³-hybridized carbons (Fsp3) is 0.857. The van der Waals surface area contributed by atoms with Crippen LogP contribution in [0.2, 0.25) is 0 Å². The number of aliphatic hydroxyl groups excluding tert-OH is 4. The molecule has 0 aromatic rings. The van der Waals surface area contributed by atoms with Crippen LogP contribution in [0.25, 0.3) is 0 Å². The molecule has 6 heteroatoms. The highest BCUT2D eigenvalue weighted by molar-refractivity contribution is 5.82. The average Bonchev–Trinajstić information content (AvgIpc) is 2.85. The summed E-state index contributed by atoms with van der Waals surface area (Å²) in [6, 6.07) is 0. The van der Waals surface area contributed by atoms with Crippen molar-refractivity contribution in [2.24, 2.45) is 50.2 Å². The molecular formula is C35H56O6. The summed E-state index contributed by atoms with van der Waals surface area (Å²) >= 11 is 0. The van der Waals surface area contributed by atoms with Gasteiger partial charge < -0.3 is 25.2 Å². The molecule has 4 saturated carbocycles. The van der Waals surface area contributed by atoms with Crippen LogP contribution in [0.4, 0.5) is 0 Å². The summed E-state index contributed by atoms with van der Waals surface area (Å²) in [7, 11) is 0. The predicted molar refractivity (Wildman–Crippen MR) is 160 cm³/mol. The standard InChI is InChI=1S/C35H56O6/c1-20(2)16-27(39)41-29-28(40)30(3,4)17-22-21-10-11-24-32(7)14-13-25(37)31(5,6)23(32)12-15-33(24,8)34(21,9)18-26(38)35(22,29)19-36/h10,16,22-26,28-29,36-38,40H,11-15,17-19H2,1-9H3/t22-,23-,24+,25?,26?,28?,29?,32-,33+,34+,35-/m0/s1. The zero-order chi connectivity index (χ0) is 30.6. The number of carbonyl (C=O) groups excluding carboxylic acids is 1. The second-order valence-electron chi connectivity index (χ2n) is 16.9. The third kappa shape index (κ3) is 4.05. The van der Waals surface area contributed by atoms with Crippen LogP contribution < -0.4 is 0 Å². The zero-order valence-electron chi connectivity index (χ0n) is 27.0. The minimum absolute atomic E-state index is 0.0717. The number of rotatable bonds is 3. The maximum absolute atomic E-state index is 12.9. The number of hydrogen-bond acceptors (Lipinski definition) is 6. The highest BCUT2D eigenvalue weighted by Gasteiger charge is 2.72. The monoisotopic (exact) mass is 572 g/mol. The second kappa shape index (κ2) is 9.64. The topological polar surface area (TPSA) is 107 Å². The van der Waals surface area contributed by atoms with Crippen molar-refractivity contribution in [2.45, 2.75) is 132 Å². The van der Waals surface area contributed by atoms with E-state index in [1.165, 1.54) is 11.6 Å². The Morgan fingerprint density at radius 1 is 0.951 bits per heavy atom. The lowest BCUT2D eigenvalue weighted by Gasteiger charge is -2.72.